The molecule has 0 aromatic carbocycles. The summed E-state index contributed by atoms with van der Waals surface area (Å²) in [4.78, 5) is 21.8. The Hall–Kier alpha value is -1.92. The zero-order valence-electron chi connectivity index (χ0n) is 7.84. The van der Waals surface area contributed by atoms with E-state index < -0.39 is 11.7 Å². The van der Waals surface area contributed by atoms with Crippen molar-refractivity contribution in [2.45, 2.75) is 20.4 Å². The standard InChI is InChI=1S/C7H10N4O3/c1-3-10-7(14)11(9-8-10)4-5(2)6(12)13/h4H,3H2,1-2H3,(H,12,13)/b5-4+. The number of hydrogen-bond acceptors (Lipinski definition) is 4. The third-order valence-electron chi connectivity index (χ3n) is 1.61. The van der Waals surface area contributed by atoms with Crippen molar-refractivity contribution in [3.63, 3.8) is 0 Å². The van der Waals surface area contributed by atoms with Gasteiger partial charge in [-0.1, -0.05) is 0 Å². The number of tetrazole rings is 1. The van der Waals surface area contributed by atoms with Crippen molar-refractivity contribution in [3.05, 3.63) is 16.1 Å². The highest BCUT2D eigenvalue weighted by molar-refractivity contribution is 5.89. The van der Waals surface area contributed by atoms with E-state index in [4.69, 9.17) is 5.11 Å². The molecule has 0 aliphatic rings. The molecule has 0 unspecified atom stereocenters. The molecule has 0 atom stereocenters. The zero-order valence-corrected chi connectivity index (χ0v) is 7.84. The molecule has 1 N–H and O–H groups in total. The third-order valence-corrected chi connectivity index (χ3v) is 1.61. The van der Waals surface area contributed by atoms with Crippen LogP contribution in [0.4, 0.5) is 0 Å². The van der Waals surface area contributed by atoms with E-state index in [0.717, 1.165) is 15.6 Å². The number of aliphatic carboxylic acids is 1. The first-order valence-electron chi connectivity index (χ1n) is 4.00. The predicted octanol–water partition coefficient (Wildman–Crippen LogP) is -0.595. The van der Waals surface area contributed by atoms with Crippen LogP contribution in [0.15, 0.2) is 10.4 Å². The largest absolute Gasteiger partial charge is 0.478 e. The predicted molar refractivity (Wildman–Crippen MR) is 47.5 cm³/mol. The minimum absolute atomic E-state index is 0.0234. The summed E-state index contributed by atoms with van der Waals surface area (Å²) in [6.45, 7) is 3.52. The Balaban J connectivity index is 3.10. The maximum Gasteiger partial charge on any atom is 0.367 e. The van der Waals surface area contributed by atoms with Gasteiger partial charge in [-0.05, 0) is 24.3 Å². The van der Waals surface area contributed by atoms with Crippen molar-refractivity contribution in [3.8, 4) is 0 Å². The number of aryl methyl sites for hydroxylation is 1. The molecular formula is C7H10N4O3. The van der Waals surface area contributed by atoms with Gasteiger partial charge in [-0.3, -0.25) is 0 Å². The Morgan fingerprint density at radius 1 is 1.57 bits per heavy atom. The molecular weight excluding hydrogens is 188 g/mol. The van der Waals surface area contributed by atoms with E-state index in [1.807, 2.05) is 0 Å². The van der Waals surface area contributed by atoms with Crippen LogP contribution in [0, 0.1) is 0 Å². The lowest BCUT2D eigenvalue weighted by Gasteiger charge is -1.91. The minimum Gasteiger partial charge on any atom is -0.478 e. The third kappa shape index (κ3) is 1.87. The fourth-order valence-corrected chi connectivity index (χ4v) is 0.804. The summed E-state index contributed by atoms with van der Waals surface area (Å²) < 4.78 is 2.03. The average Bonchev–Trinajstić information content (AvgIpc) is 2.47. The molecule has 1 rings (SSSR count). The van der Waals surface area contributed by atoms with Crippen LogP contribution < -0.4 is 5.69 Å². The smallest absolute Gasteiger partial charge is 0.367 e. The molecule has 76 valence electrons. The maximum atomic E-state index is 11.3. The Morgan fingerprint density at radius 2 is 2.21 bits per heavy atom. The first kappa shape index (κ1) is 10.2. The van der Waals surface area contributed by atoms with E-state index >= 15 is 0 Å². The van der Waals surface area contributed by atoms with Crippen LogP contribution in [-0.4, -0.2) is 30.9 Å². The first-order chi connectivity index (χ1) is 6.56. The summed E-state index contributed by atoms with van der Waals surface area (Å²) in [5.74, 6) is -1.09. The maximum absolute atomic E-state index is 11.3. The molecule has 1 aromatic heterocycles. The summed E-state index contributed by atoms with van der Waals surface area (Å²) in [6.07, 6.45) is 1.13. The second-order valence-electron chi connectivity index (χ2n) is 2.64. The molecule has 14 heavy (non-hydrogen) atoms. The quantitative estimate of drug-likeness (QED) is 0.655. The van der Waals surface area contributed by atoms with Crippen LogP contribution in [0.2, 0.25) is 0 Å². The molecule has 0 saturated heterocycles. The number of rotatable bonds is 3. The van der Waals surface area contributed by atoms with Gasteiger partial charge in [0.15, 0.2) is 0 Å². The van der Waals surface area contributed by atoms with Gasteiger partial charge in [0.1, 0.15) is 0 Å². The number of carboxylic acid groups (broad SMARTS) is 1. The summed E-state index contributed by atoms with van der Waals surface area (Å²) in [5.41, 5.74) is -0.427. The normalized spacial score (nSPS) is 11.7. The van der Waals surface area contributed by atoms with Gasteiger partial charge < -0.3 is 5.11 Å². The Bertz CT molecular complexity index is 428. The van der Waals surface area contributed by atoms with Crippen molar-refractivity contribution in [2.75, 3.05) is 0 Å². The van der Waals surface area contributed by atoms with Crippen LogP contribution in [0.25, 0.3) is 6.20 Å². The number of hydrogen-bond donors (Lipinski definition) is 1. The van der Waals surface area contributed by atoms with Gasteiger partial charge in [-0.15, -0.1) is 0 Å². The highest BCUT2D eigenvalue weighted by Crippen LogP contribution is 1.92. The molecule has 0 fully saturated rings. The van der Waals surface area contributed by atoms with Gasteiger partial charge in [-0.2, -0.15) is 9.36 Å². The molecule has 0 spiro atoms. The SMILES string of the molecule is CCn1nnn(/C=C(\C)C(=O)O)c1=O. The summed E-state index contributed by atoms with van der Waals surface area (Å²) >= 11 is 0. The van der Waals surface area contributed by atoms with E-state index in [9.17, 15) is 9.59 Å². The first-order valence-corrected chi connectivity index (χ1v) is 4.00. The number of carbonyl (C=O) groups is 1. The second kappa shape index (κ2) is 3.86. The molecule has 0 amide bonds. The molecule has 0 bridgehead atoms. The molecule has 1 heterocycles. The Labute approximate surface area is 79.2 Å². The zero-order chi connectivity index (χ0) is 10.7. The lowest BCUT2D eigenvalue weighted by Crippen LogP contribution is -2.22. The van der Waals surface area contributed by atoms with E-state index in [-0.39, 0.29) is 5.57 Å². The van der Waals surface area contributed by atoms with E-state index in [0.29, 0.717) is 6.54 Å². The van der Waals surface area contributed by atoms with E-state index in [1.165, 1.54) is 6.92 Å². The summed E-state index contributed by atoms with van der Waals surface area (Å²) in [5, 5.41) is 15.6. The molecule has 0 aliphatic heterocycles. The van der Waals surface area contributed by atoms with Crippen LogP contribution >= 0.6 is 0 Å². The van der Waals surface area contributed by atoms with Crippen molar-refractivity contribution >= 4 is 12.2 Å². The van der Waals surface area contributed by atoms with Crippen molar-refractivity contribution in [2.24, 2.45) is 0 Å². The lowest BCUT2D eigenvalue weighted by atomic mass is 10.3. The second-order valence-corrected chi connectivity index (χ2v) is 2.64. The summed E-state index contributed by atoms with van der Waals surface area (Å²) in [6, 6.07) is 0. The topological polar surface area (TPSA) is 90.0 Å². The molecule has 0 saturated carbocycles. The molecule has 7 nitrogen and oxygen atoms in total. The van der Waals surface area contributed by atoms with E-state index in [1.54, 1.807) is 6.92 Å². The number of aromatic nitrogens is 4. The van der Waals surface area contributed by atoms with Crippen LogP contribution in [0.5, 0.6) is 0 Å². The summed E-state index contributed by atoms with van der Waals surface area (Å²) in [7, 11) is 0. The fraction of sp³-hybridized carbons (Fsp3) is 0.429. The highest BCUT2D eigenvalue weighted by Gasteiger charge is 2.05. The van der Waals surface area contributed by atoms with Crippen LogP contribution in [-0.2, 0) is 11.3 Å². The van der Waals surface area contributed by atoms with Gasteiger partial charge in [0.2, 0.25) is 0 Å². The van der Waals surface area contributed by atoms with Crippen LogP contribution in [0.1, 0.15) is 13.8 Å². The average molecular weight is 198 g/mol. The molecule has 0 radical (unpaired) electrons. The Kier molecular flexibility index (Phi) is 2.80. The minimum atomic E-state index is -1.09. The lowest BCUT2D eigenvalue weighted by molar-refractivity contribution is -0.132. The monoisotopic (exact) mass is 198 g/mol. The number of carboxylic acids is 1. The molecule has 0 aliphatic carbocycles. The number of nitrogens with zero attached hydrogens (tertiary/aromatic N) is 4. The van der Waals surface area contributed by atoms with Crippen molar-refractivity contribution in [1.82, 2.24) is 19.8 Å². The van der Waals surface area contributed by atoms with Crippen molar-refractivity contribution in [1.29, 1.82) is 0 Å². The van der Waals surface area contributed by atoms with Gasteiger partial charge in [0.05, 0.1) is 5.57 Å². The van der Waals surface area contributed by atoms with Gasteiger partial charge in [-0.25, -0.2) is 9.59 Å². The molecule has 1 aromatic rings. The van der Waals surface area contributed by atoms with Crippen LogP contribution in [0.3, 0.4) is 0 Å². The van der Waals surface area contributed by atoms with Gasteiger partial charge in [0.25, 0.3) is 0 Å². The fourth-order valence-electron chi connectivity index (χ4n) is 0.804. The van der Waals surface area contributed by atoms with Crippen molar-refractivity contribution < 1.29 is 9.90 Å². The van der Waals surface area contributed by atoms with Gasteiger partial charge in [0, 0.05) is 12.7 Å². The molecule has 7 heteroatoms. The van der Waals surface area contributed by atoms with E-state index in [2.05, 4.69) is 10.4 Å². The Morgan fingerprint density at radius 3 is 2.64 bits per heavy atom. The van der Waals surface area contributed by atoms with Gasteiger partial charge >= 0.3 is 11.7 Å². The highest BCUT2D eigenvalue weighted by atomic mass is 16.4.